The third-order valence-electron chi connectivity index (χ3n) is 1.56. The SMILES string of the molecule is CCOC(C)(C)CNc1nncs1. The summed E-state index contributed by atoms with van der Waals surface area (Å²) in [6, 6.07) is 0. The fourth-order valence-electron chi connectivity index (χ4n) is 0.980. The summed E-state index contributed by atoms with van der Waals surface area (Å²) >= 11 is 1.49. The second-order valence-electron chi connectivity index (χ2n) is 3.29. The summed E-state index contributed by atoms with van der Waals surface area (Å²) in [6.07, 6.45) is 0. The average molecular weight is 201 g/mol. The summed E-state index contributed by atoms with van der Waals surface area (Å²) in [5.74, 6) is 0. The number of hydrogen-bond donors (Lipinski definition) is 1. The molecule has 0 aromatic carbocycles. The highest BCUT2D eigenvalue weighted by molar-refractivity contribution is 7.13. The van der Waals surface area contributed by atoms with E-state index in [1.54, 1.807) is 5.51 Å². The van der Waals surface area contributed by atoms with Gasteiger partial charge in [-0.3, -0.25) is 0 Å². The number of hydrogen-bond acceptors (Lipinski definition) is 5. The molecule has 0 unspecified atom stereocenters. The van der Waals surface area contributed by atoms with Crippen molar-refractivity contribution in [1.82, 2.24) is 10.2 Å². The fraction of sp³-hybridized carbons (Fsp3) is 0.750. The average Bonchev–Trinajstić information content (AvgIpc) is 2.52. The van der Waals surface area contributed by atoms with Crippen LogP contribution in [0, 0.1) is 0 Å². The van der Waals surface area contributed by atoms with E-state index < -0.39 is 0 Å². The molecule has 0 radical (unpaired) electrons. The van der Waals surface area contributed by atoms with Crippen LogP contribution in [0.4, 0.5) is 5.13 Å². The molecule has 0 saturated carbocycles. The maximum absolute atomic E-state index is 5.52. The van der Waals surface area contributed by atoms with Gasteiger partial charge in [-0.05, 0) is 20.8 Å². The highest BCUT2D eigenvalue weighted by atomic mass is 32.1. The van der Waals surface area contributed by atoms with Crippen molar-refractivity contribution in [3.63, 3.8) is 0 Å². The lowest BCUT2D eigenvalue weighted by Crippen LogP contribution is -2.33. The Labute approximate surface area is 82.3 Å². The fourth-order valence-corrected chi connectivity index (χ4v) is 1.42. The molecule has 0 aliphatic carbocycles. The Morgan fingerprint density at radius 2 is 2.38 bits per heavy atom. The van der Waals surface area contributed by atoms with Crippen molar-refractivity contribution < 1.29 is 4.74 Å². The first-order chi connectivity index (χ1) is 6.14. The van der Waals surface area contributed by atoms with Crippen molar-refractivity contribution in [3.8, 4) is 0 Å². The second-order valence-corrected chi connectivity index (χ2v) is 4.12. The van der Waals surface area contributed by atoms with E-state index in [2.05, 4.69) is 15.5 Å². The summed E-state index contributed by atoms with van der Waals surface area (Å²) in [7, 11) is 0. The minimum atomic E-state index is -0.152. The van der Waals surface area contributed by atoms with Gasteiger partial charge in [0.2, 0.25) is 5.13 Å². The molecule has 0 bridgehead atoms. The molecule has 74 valence electrons. The highest BCUT2D eigenvalue weighted by Crippen LogP contribution is 2.13. The normalized spacial score (nSPS) is 11.6. The topological polar surface area (TPSA) is 47.0 Å². The Hall–Kier alpha value is -0.680. The molecule has 13 heavy (non-hydrogen) atoms. The maximum Gasteiger partial charge on any atom is 0.205 e. The number of nitrogens with zero attached hydrogens (tertiary/aromatic N) is 2. The van der Waals surface area contributed by atoms with Gasteiger partial charge >= 0.3 is 0 Å². The van der Waals surface area contributed by atoms with E-state index in [1.165, 1.54) is 11.3 Å². The molecule has 0 saturated heterocycles. The van der Waals surface area contributed by atoms with Crippen LogP contribution in [0.15, 0.2) is 5.51 Å². The van der Waals surface area contributed by atoms with Gasteiger partial charge in [0, 0.05) is 13.2 Å². The molecule has 0 fully saturated rings. The Morgan fingerprint density at radius 3 is 2.92 bits per heavy atom. The summed E-state index contributed by atoms with van der Waals surface area (Å²) in [5.41, 5.74) is 1.55. The molecule has 5 heteroatoms. The predicted octanol–water partition coefficient (Wildman–Crippen LogP) is 1.77. The van der Waals surface area contributed by atoms with Crippen LogP contribution < -0.4 is 5.32 Å². The van der Waals surface area contributed by atoms with Crippen molar-refractivity contribution in [2.24, 2.45) is 0 Å². The van der Waals surface area contributed by atoms with Crippen LogP contribution in [0.25, 0.3) is 0 Å². The van der Waals surface area contributed by atoms with Gasteiger partial charge in [-0.2, -0.15) is 0 Å². The van der Waals surface area contributed by atoms with Gasteiger partial charge in [-0.25, -0.2) is 0 Å². The van der Waals surface area contributed by atoms with E-state index in [9.17, 15) is 0 Å². The molecular weight excluding hydrogens is 186 g/mol. The molecule has 0 aliphatic heterocycles. The smallest absolute Gasteiger partial charge is 0.205 e. The molecule has 4 nitrogen and oxygen atoms in total. The van der Waals surface area contributed by atoms with Crippen LogP contribution in [0.2, 0.25) is 0 Å². The van der Waals surface area contributed by atoms with E-state index in [0.717, 1.165) is 18.3 Å². The molecule has 1 rings (SSSR count). The number of anilines is 1. The minimum Gasteiger partial charge on any atom is -0.374 e. The highest BCUT2D eigenvalue weighted by Gasteiger charge is 2.17. The number of nitrogens with one attached hydrogen (secondary N) is 1. The molecule has 1 aromatic rings. The van der Waals surface area contributed by atoms with E-state index >= 15 is 0 Å². The Morgan fingerprint density at radius 1 is 1.62 bits per heavy atom. The maximum atomic E-state index is 5.52. The van der Waals surface area contributed by atoms with Crippen molar-refractivity contribution in [2.75, 3.05) is 18.5 Å². The van der Waals surface area contributed by atoms with Gasteiger partial charge in [0.25, 0.3) is 0 Å². The molecule has 1 N–H and O–H groups in total. The summed E-state index contributed by atoms with van der Waals surface area (Å²) in [5, 5.41) is 11.6. The number of ether oxygens (including phenoxy) is 1. The summed E-state index contributed by atoms with van der Waals surface area (Å²) < 4.78 is 5.52. The third-order valence-corrected chi connectivity index (χ3v) is 2.21. The van der Waals surface area contributed by atoms with Gasteiger partial charge in [0.05, 0.1) is 5.60 Å². The largest absolute Gasteiger partial charge is 0.374 e. The first kappa shape index (κ1) is 10.4. The molecule has 0 atom stereocenters. The van der Waals surface area contributed by atoms with Crippen LogP contribution in [-0.4, -0.2) is 29.0 Å². The molecule has 0 spiro atoms. The van der Waals surface area contributed by atoms with Gasteiger partial charge < -0.3 is 10.1 Å². The van der Waals surface area contributed by atoms with E-state index in [0.29, 0.717) is 0 Å². The first-order valence-electron chi connectivity index (χ1n) is 4.28. The lowest BCUT2D eigenvalue weighted by Gasteiger charge is -2.24. The van der Waals surface area contributed by atoms with Crippen LogP contribution in [0.5, 0.6) is 0 Å². The zero-order valence-electron chi connectivity index (χ0n) is 8.20. The van der Waals surface area contributed by atoms with Crippen LogP contribution in [0.1, 0.15) is 20.8 Å². The summed E-state index contributed by atoms with van der Waals surface area (Å²) in [4.78, 5) is 0. The van der Waals surface area contributed by atoms with Gasteiger partial charge in [0.1, 0.15) is 5.51 Å². The van der Waals surface area contributed by atoms with Crippen molar-refractivity contribution in [3.05, 3.63) is 5.51 Å². The predicted molar refractivity (Wildman–Crippen MR) is 54.1 cm³/mol. The summed E-state index contributed by atoms with van der Waals surface area (Å²) in [6.45, 7) is 7.56. The van der Waals surface area contributed by atoms with Crippen LogP contribution >= 0.6 is 11.3 Å². The second kappa shape index (κ2) is 4.53. The van der Waals surface area contributed by atoms with Gasteiger partial charge in [0.15, 0.2) is 0 Å². The third kappa shape index (κ3) is 3.69. The lowest BCUT2D eigenvalue weighted by atomic mass is 10.1. The molecule has 1 aromatic heterocycles. The quantitative estimate of drug-likeness (QED) is 0.788. The Kier molecular flexibility index (Phi) is 3.62. The van der Waals surface area contributed by atoms with Crippen molar-refractivity contribution >= 4 is 16.5 Å². The van der Waals surface area contributed by atoms with E-state index in [-0.39, 0.29) is 5.60 Å². The van der Waals surface area contributed by atoms with E-state index in [1.807, 2.05) is 20.8 Å². The Bertz CT molecular complexity index is 236. The van der Waals surface area contributed by atoms with Crippen molar-refractivity contribution in [1.29, 1.82) is 0 Å². The first-order valence-corrected chi connectivity index (χ1v) is 5.16. The van der Waals surface area contributed by atoms with Crippen LogP contribution in [0.3, 0.4) is 0 Å². The monoisotopic (exact) mass is 201 g/mol. The molecule has 0 aliphatic rings. The minimum absolute atomic E-state index is 0.152. The molecule has 1 heterocycles. The number of rotatable bonds is 5. The molecule has 0 amide bonds. The lowest BCUT2D eigenvalue weighted by molar-refractivity contribution is 0.000689. The standard InChI is InChI=1S/C8H15N3OS/c1-4-12-8(2,3)5-9-7-11-10-6-13-7/h6H,4-5H2,1-3H3,(H,9,11). The van der Waals surface area contributed by atoms with Gasteiger partial charge in [-0.1, -0.05) is 11.3 Å². The zero-order chi connectivity index (χ0) is 9.73. The van der Waals surface area contributed by atoms with Crippen LogP contribution in [-0.2, 0) is 4.74 Å². The van der Waals surface area contributed by atoms with E-state index in [4.69, 9.17) is 4.74 Å². The zero-order valence-corrected chi connectivity index (χ0v) is 9.02. The van der Waals surface area contributed by atoms with Crippen molar-refractivity contribution in [2.45, 2.75) is 26.4 Å². The Balaban J connectivity index is 2.33. The molecular formula is C8H15N3OS. The number of aromatic nitrogens is 2. The van der Waals surface area contributed by atoms with Gasteiger partial charge in [-0.15, -0.1) is 10.2 Å².